The van der Waals surface area contributed by atoms with E-state index in [1.807, 2.05) is 37.3 Å². The van der Waals surface area contributed by atoms with Crippen molar-refractivity contribution in [2.45, 2.75) is 19.5 Å². The predicted octanol–water partition coefficient (Wildman–Crippen LogP) is 1.77. The number of likely N-dealkylation sites (N-methyl/N-ethyl adjacent to an activating group) is 1. The highest BCUT2D eigenvalue weighted by atomic mass is 35.5. The first-order valence-corrected chi connectivity index (χ1v) is 6.65. The average Bonchev–Trinajstić information content (AvgIpc) is 2.94. The topological polar surface area (TPSA) is 64.2 Å². The van der Waals surface area contributed by atoms with E-state index < -0.39 is 0 Å². The first-order valence-electron chi connectivity index (χ1n) is 6.65. The van der Waals surface area contributed by atoms with Gasteiger partial charge in [-0.05, 0) is 12.5 Å². The molecule has 0 aliphatic carbocycles. The molecule has 0 bridgehead atoms. The number of aromatic nitrogens is 2. The maximum absolute atomic E-state index is 12.2. The standard InChI is InChI=1S/C15H20N4O.ClH/c1-12(8-16)18(2)15(20)14-9-17-19(11-14)10-13-6-4-3-5-7-13;/h3-7,9,11-12H,8,10,16H2,1-2H3;1H. The highest BCUT2D eigenvalue weighted by molar-refractivity contribution is 5.93. The Balaban J connectivity index is 0.00000220. The lowest BCUT2D eigenvalue weighted by Crippen LogP contribution is -2.39. The molecule has 2 aromatic rings. The van der Waals surface area contributed by atoms with Crippen molar-refractivity contribution in [1.82, 2.24) is 14.7 Å². The normalized spacial score (nSPS) is 11.6. The molecule has 0 aliphatic heterocycles. The van der Waals surface area contributed by atoms with Crippen LogP contribution in [0.3, 0.4) is 0 Å². The van der Waals surface area contributed by atoms with Gasteiger partial charge in [-0.1, -0.05) is 30.3 Å². The van der Waals surface area contributed by atoms with Crippen molar-refractivity contribution in [3.05, 3.63) is 53.9 Å². The van der Waals surface area contributed by atoms with Gasteiger partial charge in [0.2, 0.25) is 0 Å². The molecule has 0 radical (unpaired) electrons. The molecule has 1 aromatic heterocycles. The maximum Gasteiger partial charge on any atom is 0.257 e. The van der Waals surface area contributed by atoms with E-state index in [0.717, 1.165) is 5.56 Å². The van der Waals surface area contributed by atoms with Gasteiger partial charge < -0.3 is 10.6 Å². The monoisotopic (exact) mass is 308 g/mol. The van der Waals surface area contributed by atoms with Crippen LogP contribution in [-0.2, 0) is 6.54 Å². The highest BCUT2D eigenvalue weighted by Gasteiger charge is 2.17. The molecule has 0 fully saturated rings. The van der Waals surface area contributed by atoms with Crippen molar-refractivity contribution in [2.75, 3.05) is 13.6 Å². The molecule has 0 aliphatic rings. The van der Waals surface area contributed by atoms with Crippen molar-refractivity contribution in [1.29, 1.82) is 0 Å². The first kappa shape index (κ1) is 17.2. The lowest BCUT2D eigenvalue weighted by atomic mass is 10.2. The van der Waals surface area contributed by atoms with Gasteiger partial charge in [0.15, 0.2) is 0 Å². The summed E-state index contributed by atoms with van der Waals surface area (Å²) in [6.45, 7) is 3.02. The second kappa shape index (κ2) is 7.81. The SMILES string of the molecule is CC(CN)N(C)C(=O)c1cnn(Cc2ccccc2)c1.Cl. The predicted molar refractivity (Wildman–Crippen MR) is 85.6 cm³/mol. The minimum absolute atomic E-state index is 0. The zero-order valence-electron chi connectivity index (χ0n) is 12.3. The lowest BCUT2D eigenvalue weighted by molar-refractivity contribution is 0.0748. The number of carbonyl (C=O) groups excluding carboxylic acids is 1. The van der Waals surface area contributed by atoms with Crippen LogP contribution in [0, 0.1) is 0 Å². The van der Waals surface area contributed by atoms with Crippen molar-refractivity contribution >= 4 is 18.3 Å². The van der Waals surface area contributed by atoms with Crippen molar-refractivity contribution in [3.63, 3.8) is 0 Å². The molecule has 2 N–H and O–H groups in total. The molecule has 1 heterocycles. The van der Waals surface area contributed by atoms with Crippen LogP contribution >= 0.6 is 12.4 Å². The Kier molecular flexibility index (Phi) is 6.39. The van der Waals surface area contributed by atoms with E-state index in [9.17, 15) is 4.79 Å². The molecular weight excluding hydrogens is 288 g/mol. The molecule has 1 aromatic carbocycles. The van der Waals surface area contributed by atoms with Crippen LogP contribution in [0.4, 0.5) is 0 Å². The van der Waals surface area contributed by atoms with E-state index >= 15 is 0 Å². The third-order valence-electron chi connectivity index (χ3n) is 3.39. The number of amides is 1. The minimum atomic E-state index is -0.0535. The van der Waals surface area contributed by atoms with E-state index in [-0.39, 0.29) is 24.4 Å². The van der Waals surface area contributed by atoms with E-state index in [1.54, 1.807) is 29.0 Å². The zero-order valence-corrected chi connectivity index (χ0v) is 13.1. The van der Waals surface area contributed by atoms with E-state index in [1.165, 1.54) is 0 Å². The summed E-state index contributed by atoms with van der Waals surface area (Å²) in [6.07, 6.45) is 3.38. The molecular formula is C15H21ClN4O. The van der Waals surface area contributed by atoms with Crippen LogP contribution in [-0.4, -0.2) is 40.2 Å². The quantitative estimate of drug-likeness (QED) is 0.915. The summed E-state index contributed by atoms with van der Waals surface area (Å²) in [5.74, 6) is -0.0535. The van der Waals surface area contributed by atoms with Gasteiger partial charge in [-0.3, -0.25) is 9.48 Å². The first-order chi connectivity index (χ1) is 9.61. The van der Waals surface area contributed by atoms with Crippen LogP contribution in [0.1, 0.15) is 22.8 Å². The van der Waals surface area contributed by atoms with Crippen LogP contribution in [0.25, 0.3) is 0 Å². The second-order valence-corrected chi connectivity index (χ2v) is 4.91. The molecule has 0 saturated heterocycles. The number of rotatable bonds is 5. The van der Waals surface area contributed by atoms with E-state index in [2.05, 4.69) is 5.10 Å². The number of benzene rings is 1. The third kappa shape index (κ3) is 4.31. The fourth-order valence-corrected chi connectivity index (χ4v) is 1.89. The molecule has 1 amide bonds. The summed E-state index contributed by atoms with van der Waals surface area (Å²) in [4.78, 5) is 13.9. The number of halogens is 1. The fraction of sp³-hybridized carbons (Fsp3) is 0.333. The minimum Gasteiger partial charge on any atom is -0.338 e. The highest BCUT2D eigenvalue weighted by Crippen LogP contribution is 2.07. The average molecular weight is 309 g/mol. The van der Waals surface area contributed by atoms with E-state index in [0.29, 0.717) is 18.7 Å². The van der Waals surface area contributed by atoms with Gasteiger partial charge in [0.1, 0.15) is 0 Å². The number of nitrogens with zero attached hydrogens (tertiary/aromatic N) is 3. The van der Waals surface area contributed by atoms with Gasteiger partial charge in [0, 0.05) is 25.8 Å². The van der Waals surface area contributed by atoms with Crippen LogP contribution in [0.15, 0.2) is 42.7 Å². The lowest BCUT2D eigenvalue weighted by Gasteiger charge is -2.22. The molecule has 1 unspecified atom stereocenters. The molecule has 0 saturated carbocycles. The number of carbonyl (C=O) groups is 1. The van der Waals surface area contributed by atoms with Crippen molar-refractivity contribution < 1.29 is 4.79 Å². The molecule has 114 valence electrons. The van der Waals surface area contributed by atoms with Crippen LogP contribution < -0.4 is 5.73 Å². The summed E-state index contributed by atoms with van der Waals surface area (Å²) < 4.78 is 1.77. The summed E-state index contributed by atoms with van der Waals surface area (Å²) in [6, 6.07) is 10.0. The van der Waals surface area contributed by atoms with Crippen molar-refractivity contribution in [2.24, 2.45) is 5.73 Å². The van der Waals surface area contributed by atoms with Gasteiger partial charge in [0.25, 0.3) is 5.91 Å². The summed E-state index contributed by atoms with van der Waals surface area (Å²) in [7, 11) is 1.76. The fourth-order valence-electron chi connectivity index (χ4n) is 1.89. The number of hydrogen-bond donors (Lipinski definition) is 1. The summed E-state index contributed by atoms with van der Waals surface area (Å²) in [5.41, 5.74) is 7.32. The molecule has 21 heavy (non-hydrogen) atoms. The summed E-state index contributed by atoms with van der Waals surface area (Å²) >= 11 is 0. The smallest absolute Gasteiger partial charge is 0.257 e. The Bertz CT molecular complexity index is 570. The zero-order chi connectivity index (χ0) is 14.5. The van der Waals surface area contributed by atoms with Gasteiger partial charge >= 0.3 is 0 Å². The largest absolute Gasteiger partial charge is 0.338 e. The van der Waals surface area contributed by atoms with Gasteiger partial charge in [-0.15, -0.1) is 12.4 Å². The molecule has 5 nitrogen and oxygen atoms in total. The van der Waals surface area contributed by atoms with Gasteiger partial charge in [0.05, 0.1) is 18.3 Å². The van der Waals surface area contributed by atoms with Crippen LogP contribution in [0.2, 0.25) is 0 Å². The van der Waals surface area contributed by atoms with Gasteiger partial charge in [-0.2, -0.15) is 5.10 Å². The molecule has 2 rings (SSSR count). The summed E-state index contributed by atoms with van der Waals surface area (Å²) in [5, 5.41) is 4.24. The Morgan fingerprint density at radius 1 is 1.38 bits per heavy atom. The number of hydrogen-bond acceptors (Lipinski definition) is 3. The molecule has 0 spiro atoms. The number of nitrogens with two attached hydrogens (primary N) is 1. The maximum atomic E-state index is 12.2. The third-order valence-corrected chi connectivity index (χ3v) is 3.39. The Labute approximate surface area is 131 Å². The molecule has 6 heteroatoms. The van der Waals surface area contributed by atoms with Crippen LogP contribution in [0.5, 0.6) is 0 Å². The van der Waals surface area contributed by atoms with Crippen molar-refractivity contribution in [3.8, 4) is 0 Å². The Morgan fingerprint density at radius 3 is 2.67 bits per heavy atom. The Morgan fingerprint density at radius 2 is 2.05 bits per heavy atom. The molecule has 1 atom stereocenters. The van der Waals surface area contributed by atoms with E-state index in [4.69, 9.17) is 5.73 Å². The Hall–Kier alpha value is -1.85. The second-order valence-electron chi connectivity index (χ2n) is 4.91. The van der Waals surface area contributed by atoms with Gasteiger partial charge in [-0.25, -0.2) is 0 Å².